The van der Waals surface area contributed by atoms with Crippen LogP contribution < -0.4 is 10.6 Å². The lowest BCUT2D eigenvalue weighted by molar-refractivity contribution is -0.131. The fourth-order valence-electron chi connectivity index (χ4n) is 3.59. The van der Waals surface area contributed by atoms with Gasteiger partial charge in [-0.25, -0.2) is 0 Å². The first-order valence-electron chi connectivity index (χ1n) is 7.68. The summed E-state index contributed by atoms with van der Waals surface area (Å²) in [4.78, 5) is 12.6. The van der Waals surface area contributed by atoms with Crippen LogP contribution in [0.5, 0.6) is 0 Å². The summed E-state index contributed by atoms with van der Waals surface area (Å²) >= 11 is 0. The summed E-state index contributed by atoms with van der Waals surface area (Å²) in [5.41, 5.74) is -0.849. The number of rotatable bonds is 3. The Hall–Kier alpha value is -0.610. The van der Waals surface area contributed by atoms with E-state index in [0.717, 1.165) is 45.1 Å². The minimum atomic E-state index is -0.457. The Balaban J connectivity index is 2.03. The molecule has 1 saturated carbocycles. The average molecular weight is 268 g/mol. The molecule has 2 fully saturated rings. The van der Waals surface area contributed by atoms with Crippen molar-refractivity contribution >= 4 is 5.91 Å². The molecule has 2 rings (SSSR count). The van der Waals surface area contributed by atoms with Gasteiger partial charge in [0.2, 0.25) is 5.91 Å². The van der Waals surface area contributed by atoms with Crippen LogP contribution in [0.4, 0.5) is 0 Å². The maximum absolute atomic E-state index is 12.6. The van der Waals surface area contributed by atoms with Crippen molar-refractivity contribution in [2.45, 2.75) is 69.9 Å². The molecule has 0 spiro atoms. The quantitative estimate of drug-likeness (QED) is 0.728. The highest BCUT2D eigenvalue weighted by atomic mass is 16.3. The van der Waals surface area contributed by atoms with Crippen molar-refractivity contribution in [3.8, 4) is 0 Å². The number of amides is 1. The van der Waals surface area contributed by atoms with E-state index in [2.05, 4.69) is 17.6 Å². The van der Waals surface area contributed by atoms with Crippen LogP contribution in [0.2, 0.25) is 0 Å². The zero-order valence-corrected chi connectivity index (χ0v) is 12.3. The van der Waals surface area contributed by atoms with Gasteiger partial charge in [0.1, 0.15) is 0 Å². The average Bonchev–Trinajstić information content (AvgIpc) is 2.39. The molecule has 0 aromatic carbocycles. The second-order valence-electron chi connectivity index (χ2n) is 6.81. The molecule has 3 N–H and O–H groups in total. The van der Waals surface area contributed by atoms with Gasteiger partial charge in [0.05, 0.1) is 17.7 Å². The molecule has 110 valence electrons. The van der Waals surface area contributed by atoms with Crippen LogP contribution >= 0.6 is 0 Å². The van der Waals surface area contributed by atoms with Gasteiger partial charge in [0.25, 0.3) is 0 Å². The molecular formula is C15H28N2O2. The van der Waals surface area contributed by atoms with E-state index >= 15 is 0 Å². The zero-order valence-electron chi connectivity index (χ0n) is 12.3. The Labute approximate surface area is 116 Å². The fraction of sp³-hybridized carbons (Fsp3) is 0.933. The highest BCUT2D eigenvalue weighted by Crippen LogP contribution is 2.33. The molecule has 0 aromatic heterocycles. The first kappa shape index (κ1) is 14.8. The zero-order chi connectivity index (χ0) is 13.9. The van der Waals surface area contributed by atoms with Gasteiger partial charge in [-0.15, -0.1) is 0 Å². The van der Waals surface area contributed by atoms with Crippen molar-refractivity contribution in [3.05, 3.63) is 0 Å². The van der Waals surface area contributed by atoms with Gasteiger partial charge in [0.15, 0.2) is 0 Å². The van der Waals surface area contributed by atoms with E-state index in [1.54, 1.807) is 0 Å². The summed E-state index contributed by atoms with van der Waals surface area (Å²) in [6.07, 6.45) is 7.21. The topological polar surface area (TPSA) is 61.4 Å². The number of carbonyl (C=O) groups is 1. The number of aliphatic hydroxyl groups is 1. The lowest BCUT2D eigenvalue weighted by Crippen LogP contribution is -2.63. The molecule has 0 radical (unpaired) electrons. The fourth-order valence-corrected chi connectivity index (χ4v) is 3.59. The van der Waals surface area contributed by atoms with Crippen molar-refractivity contribution in [2.75, 3.05) is 13.2 Å². The van der Waals surface area contributed by atoms with Crippen LogP contribution in [0.3, 0.4) is 0 Å². The molecule has 0 bridgehead atoms. The summed E-state index contributed by atoms with van der Waals surface area (Å²) in [6, 6.07) is 0. The van der Waals surface area contributed by atoms with Crippen molar-refractivity contribution in [3.63, 3.8) is 0 Å². The third-order valence-electron chi connectivity index (χ3n) is 4.89. The van der Waals surface area contributed by atoms with E-state index in [0.29, 0.717) is 5.92 Å². The van der Waals surface area contributed by atoms with Gasteiger partial charge in [0, 0.05) is 0 Å². The Kier molecular flexibility index (Phi) is 4.51. The molecule has 4 nitrogen and oxygen atoms in total. The smallest absolute Gasteiger partial charge is 0.240 e. The molecule has 1 aliphatic carbocycles. The third kappa shape index (κ3) is 3.29. The Morgan fingerprint density at radius 1 is 1.37 bits per heavy atom. The number of hydrogen-bond donors (Lipinski definition) is 3. The van der Waals surface area contributed by atoms with Crippen molar-refractivity contribution in [1.82, 2.24) is 10.6 Å². The standard InChI is InChI=1S/C15H28N2O2/c1-12-6-5-8-15(10-12,11-18)17-13(19)14(2)7-3-4-9-16-14/h12,16,18H,3-11H2,1-2H3,(H,17,19). The highest BCUT2D eigenvalue weighted by molar-refractivity contribution is 5.86. The molecule has 4 heteroatoms. The predicted octanol–water partition coefficient (Wildman–Crippen LogP) is 1.58. The molecule has 1 amide bonds. The van der Waals surface area contributed by atoms with E-state index in [4.69, 9.17) is 0 Å². The van der Waals surface area contributed by atoms with E-state index in [9.17, 15) is 9.90 Å². The molecule has 1 saturated heterocycles. The molecule has 3 unspecified atom stereocenters. The van der Waals surface area contributed by atoms with E-state index in [1.165, 1.54) is 6.42 Å². The van der Waals surface area contributed by atoms with Crippen LogP contribution in [-0.4, -0.2) is 35.2 Å². The number of piperidine rings is 1. The summed E-state index contributed by atoms with van der Waals surface area (Å²) in [6.45, 7) is 5.15. The number of hydrogen-bond acceptors (Lipinski definition) is 3. The van der Waals surface area contributed by atoms with E-state index in [1.807, 2.05) is 6.92 Å². The monoisotopic (exact) mass is 268 g/mol. The molecule has 2 aliphatic rings. The molecule has 1 heterocycles. The van der Waals surface area contributed by atoms with Gasteiger partial charge in [-0.1, -0.05) is 19.8 Å². The molecular weight excluding hydrogens is 240 g/mol. The minimum absolute atomic E-state index is 0.0547. The summed E-state index contributed by atoms with van der Waals surface area (Å²) in [7, 11) is 0. The Morgan fingerprint density at radius 3 is 2.74 bits per heavy atom. The van der Waals surface area contributed by atoms with Crippen molar-refractivity contribution in [1.29, 1.82) is 0 Å². The number of aliphatic hydroxyl groups excluding tert-OH is 1. The summed E-state index contributed by atoms with van der Waals surface area (Å²) in [5.74, 6) is 0.642. The molecule has 19 heavy (non-hydrogen) atoms. The van der Waals surface area contributed by atoms with E-state index < -0.39 is 11.1 Å². The molecule has 3 atom stereocenters. The lowest BCUT2D eigenvalue weighted by Gasteiger charge is -2.43. The van der Waals surface area contributed by atoms with Gasteiger partial charge < -0.3 is 15.7 Å². The first-order valence-corrected chi connectivity index (χ1v) is 7.68. The van der Waals surface area contributed by atoms with Gasteiger partial charge in [-0.3, -0.25) is 4.79 Å². The van der Waals surface area contributed by atoms with Crippen molar-refractivity contribution < 1.29 is 9.90 Å². The summed E-state index contributed by atoms with van der Waals surface area (Å²) in [5, 5.41) is 16.3. The van der Waals surface area contributed by atoms with Gasteiger partial charge >= 0.3 is 0 Å². The molecule has 0 aromatic rings. The van der Waals surface area contributed by atoms with Gasteiger partial charge in [-0.05, 0) is 51.5 Å². The second-order valence-corrected chi connectivity index (χ2v) is 6.81. The first-order chi connectivity index (χ1) is 9.00. The van der Waals surface area contributed by atoms with Crippen LogP contribution in [-0.2, 0) is 4.79 Å². The Morgan fingerprint density at radius 2 is 2.16 bits per heavy atom. The highest BCUT2D eigenvalue weighted by Gasteiger charge is 2.41. The second kappa shape index (κ2) is 5.80. The normalized spacial score (nSPS) is 39.8. The van der Waals surface area contributed by atoms with E-state index in [-0.39, 0.29) is 12.5 Å². The third-order valence-corrected chi connectivity index (χ3v) is 4.89. The lowest BCUT2D eigenvalue weighted by atomic mass is 9.76. The van der Waals surface area contributed by atoms with Crippen molar-refractivity contribution in [2.24, 2.45) is 5.92 Å². The predicted molar refractivity (Wildman–Crippen MR) is 75.9 cm³/mol. The minimum Gasteiger partial charge on any atom is -0.394 e. The maximum atomic E-state index is 12.6. The number of nitrogens with one attached hydrogen (secondary N) is 2. The largest absolute Gasteiger partial charge is 0.394 e. The molecule has 1 aliphatic heterocycles. The van der Waals surface area contributed by atoms with Crippen LogP contribution in [0.15, 0.2) is 0 Å². The van der Waals surface area contributed by atoms with Crippen LogP contribution in [0.1, 0.15) is 58.8 Å². The maximum Gasteiger partial charge on any atom is 0.240 e. The number of carbonyl (C=O) groups excluding carboxylic acids is 1. The summed E-state index contributed by atoms with van der Waals surface area (Å²) < 4.78 is 0. The van der Waals surface area contributed by atoms with Crippen LogP contribution in [0.25, 0.3) is 0 Å². The Bertz CT molecular complexity index is 326. The SMILES string of the molecule is CC1CCCC(CO)(NC(=O)C2(C)CCCCN2)C1. The van der Waals surface area contributed by atoms with Crippen LogP contribution in [0, 0.1) is 5.92 Å². The van der Waals surface area contributed by atoms with Gasteiger partial charge in [-0.2, -0.15) is 0 Å².